The van der Waals surface area contributed by atoms with Gasteiger partial charge in [-0.3, -0.25) is 9.59 Å². The molecule has 0 aliphatic heterocycles. The maximum atomic E-state index is 12.2. The van der Waals surface area contributed by atoms with Gasteiger partial charge in [0.25, 0.3) is 5.91 Å². The average molecular weight is 273 g/mol. The summed E-state index contributed by atoms with van der Waals surface area (Å²) in [6.07, 6.45) is 1.79. The fourth-order valence-corrected chi connectivity index (χ4v) is 2.22. The molecule has 0 spiro atoms. The molecule has 0 radical (unpaired) electrons. The first-order valence-electron chi connectivity index (χ1n) is 6.79. The van der Waals surface area contributed by atoms with Gasteiger partial charge in [0.05, 0.1) is 6.54 Å². The Morgan fingerprint density at radius 1 is 1.20 bits per heavy atom. The lowest BCUT2D eigenvalue weighted by molar-refractivity contribution is -0.129. The van der Waals surface area contributed by atoms with Crippen molar-refractivity contribution in [3.05, 3.63) is 36.0 Å². The van der Waals surface area contributed by atoms with E-state index in [-0.39, 0.29) is 18.4 Å². The van der Waals surface area contributed by atoms with Gasteiger partial charge in [-0.1, -0.05) is 6.07 Å². The fraction of sp³-hybridized carbons (Fsp3) is 0.333. The lowest BCUT2D eigenvalue weighted by Crippen LogP contribution is -2.40. The van der Waals surface area contributed by atoms with Crippen molar-refractivity contribution in [2.24, 2.45) is 0 Å². The van der Waals surface area contributed by atoms with E-state index in [1.807, 2.05) is 32.0 Å². The number of benzene rings is 1. The largest absolute Gasteiger partial charge is 0.361 e. The monoisotopic (exact) mass is 273 g/mol. The van der Waals surface area contributed by atoms with E-state index in [9.17, 15) is 9.59 Å². The van der Waals surface area contributed by atoms with E-state index >= 15 is 0 Å². The zero-order valence-electron chi connectivity index (χ0n) is 11.8. The molecule has 1 aromatic heterocycles. The summed E-state index contributed by atoms with van der Waals surface area (Å²) < 4.78 is 0. The number of hydrogen-bond acceptors (Lipinski definition) is 2. The molecule has 106 valence electrons. The van der Waals surface area contributed by atoms with E-state index in [1.165, 1.54) is 0 Å². The lowest BCUT2D eigenvalue weighted by Gasteiger charge is -2.18. The molecule has 0 atom stereocenters. The minimum absolute atomic E-state index is 0.0291. The summed E-state index contributed by atoms with van der Waals surface area (Å²) >= 11 is 0. The number of H-pyrrole nitrogens is 1. The van der Waals surface area contributed by atoms with Crippen LogP contribution in [0.1, 0.15) is 24.2 Å². The highest BCUT2D eigenvalue weighted by molar-refractivity contribution is 6.07. The van der Waals surface area contributed by atoms with Crippen molar-refractivity contribution in [1.82, 2.24) is 15.2 Å². The molecule has 0 bridgehead atoms. The fourth-order valence-electron chi connectivity index (χ4n) is 2.22. The van der Waals surface area contributed by atoms with Crippen molar-refractivity contribution < 1.29 is 9.59 Å². The highest BCUT2D eigenvalue weighted by Gasteiger charge is 2.14. The highest BCUT2D eigenvalue weighted by Crippen LogP contribution is 2.16. The number of hydrogen-bond donors (Lipinski definition) is 2. The Morgan fingerprint density at radius 2 is 1.95 bits per heavy atom. The van der Waals surface area contributed by atoms with E-state index in [0.29, 0.717) is 18.7 Å². The molecule has 2 amide bonds. The normalized spacial score (nSPS) is 10.5. The minimum Gasteiger partial charge on any atom is -0.361 e. The van der Waals surface area contributed by atoms with Crippen LogP contribution in [0.2, 0.25) is 0 Å². The van der Waals surface area contributed by atoms with Crippen molar-refractivity contribution in [3.63, 3.8) is 0 Å². The second-order valence-corrected chi connectivity index (χ2v) is 4.49. The van der Waals surface area contributed by atoms with Gasteiger partial charge in [0.2, 0.25) is 5.91 Å². The van der Waals surface area contributed by atoms with E-state index in [4.69, 9.17) is 0 Å². The molecule has 2 aromatic rings. The predicted octanol–water partition coefficient (Wildman–Crippen LogP) is 1.77. The van der Waals surface area contributed by atoms with Crippen molar-refractivity contribution >= 4 is 22.7 Å². The van der Waals surface area contributed by atoms with Crippen LogP contribution in [-0.4, -0.2) is 41.3 Å². The van der Waals surface area contributed by atoms with Crippen LogP contribution in [0.25, 0.3) is 10.9 Å². The van der Waals surface area contributed by atoms with Crippen LogP contribution in [0.5, 0.6) is 0 Å². The number of nitrogens with zero attached hydrogens (tertiary/aromatic N) is 1. The molecule has 5 heteroatoms. The number of aromatic amines is 1. The predicted molar refractivity (Wildman–Crippen MR) is 78.6 cm³/mol. The number of likely N-dealkylation sites (N-methyl/N-ethyl adjacent to an activating group) is 1. The van der Waals surface area contributed by atoms with Crippen LogP contribution in [0.4, 0.5) is 0 Å². The Labute approximate surface area is 118 Å². The van der Waals surface area contributed by atoms with Crippen LogP contribution >= 0.6 is 0 Å². The molecule has 20 heavy (non-hydrogen) atoms. The zero-order valence-corrected chi connectivity index (χ0v) is 11.8. The number of carbonyl (C=O) groups excluding carboxylic acids is 2. The summed E-state index contributed by atoms with van der Waals surface area (Å²) in [7, 11) is 0. The molecular formula is C15H19N3O2. The molecule has 1 aromatic carbocycles. The molecule has 0 saturated carbocycles. The van der Waals surface area contributed by atoms with Crippen LogP contribution in [0.3, 0.4) is 0 Å². The third kappa shape index (κ3) is 2.82. The van der Waals surface area contributed by atoms with Gasteiger partial charge < -0.3 is 15.2 Å². The van der Waals surface area contributed by atoms with Gasteiger partial charge >= 0.3 is 0 Å². The summed E-state index contributed by atoms with van der Waals surface area (Å²) in [4.78, 5) is 28.8. The summed E-state index contributed by atoms with van der Waals surface area (Å²) in [6, 6.07) is 7.34. The highest BCUT2D eigenvalue weighted by atomic mass is 16.2. The zero-order chi connectivity index (χ0) is 14.5. The molecule has 0 fully saturated rings. The first kappa shape index (κ1) is 14.1. The van der Waals surface area contributed by atoms with E-state index in [0.717, 1.165) is 10.9 Å². The number of amides is 2. The average Bonchev–Trinajstić information content (AvgIpc) is 2.94. The summed E-state index contributed by atoms with van der Waals surface area (Å²) in [5, 5.41) is 3.55. The smallest absolute Gasteiger partial charge is 0.252 e. The maximum Gasteiger partial charge on any atom is 0.252 e. The van der Waals surface area contributed by atoms with E-state index in [1.54, 1.807) is 17.2 Å². The first-order valence-corrected chi connectivity index (χ1v) is 6.79. The molecular weight excluding hydrogens is 254 g/mol. The molecule has 0 aliphatic carbocycles. The van der Waals surface area contributed by atoms with Gasteiger partial charge in [0, 0.05) is 35.8 Å². The molecule has 2 N–H and O–H groups in total. The molecule has 1 heterocycles. The van der Waals surface area contributed by atoms with Gasteiger partial charge in [0.15, 0.2) is 0 Å². The second-order valence-electron chi connectivity index (χ2n) is 4.49. The quantitative estimate of drug-likeness (QED) is 0.872. The number of rotatable bonds is 5. The third-order valence-corrected chi connectivity index (χ3v) is 3.36. The van der Waals surface area contributed by atoms with Gasteiger partial charge in [-0.2, -0.15) is 0 Å². The van der Waals surface area contributed by atoms with Gasteiger partial charge in [-0.05, 0) is 32.0 Å². The van der Waals surface area contributed by atoms with Crippen molar-refractivity contribution in [3.8, 4) is 0 Å². The van der Waals surface area contributed by atoms with Crippen LogP contribution in [0, 0.1) is 0 Å². The Morgan fingerprint density at radius 3 is 2.65 bits per heavy atom. The second kappa shape index (κ2) is 6.23. The number of carbonyl (C=O) groups is 2. The summed E-state index contributed by atoms with van der Waals surface area (Å²) in [6.45, 7) is 5.17. The Kier molecular flexibility index (Phi) is 4.40. The van der Waals surface area contributed by atoms with Crippen LogP contribution in [0.15, 0.2) is 30.5 Å². The molecule has 5 nitrogen and oxygen atoms in total. The van der Waals surface area contributed by atoms with E-state index < -0.39 is 0 Å². The molecule has 0 unspecified atom stereocenters. The van der Waals surface area contributed by atoms with Gasteiger partial charge in [-0.15, -0.1) is 0 Å². The van der Waals surface area contributed by atoms with E-state index in [2.05, 4.69) is 10.3 Å². The maximum absolute atomic E-state index is 12.2. The molecule has 0 aliphatic rings. The van der Waals surface area contributed by atoms with Crippen LogP contribution in [-0.2, 0) is 4.79 Å². The number of aromatic nitrogens is 1. The van der Waals surface area contributed by atoms with Crippen molar-refractivity contribution in [1.29, 1.82) is 0 Å². The Bertz CT molecular complexity index is 614. The summed E-state index contributed by atoms with van der Waals surface area (Å²) in [5.41, 5.74) is 1.49. The number of fused-ring (bicyclic) bond motifs is 1. The standard InChI is InChI=1S/C15H19N3O2/c1-3-18(4-2)14(19)10-17-15(20)12-6-5-7-13-11(12)8-9-16-13/h5-9,16H,3-4,10H2,1-2H3,(H,17,20). The molecule has 2 rings (SSSR count). The van der Waals surface area contributed by atoms with Crippen molar-refractivity contribution in [2.75, 3.05) is 19.6 Å². The van der Waals surface area contributed by atoms with Gasteiger partial charge in [-0.25, -0.2) is 0 Å². The molecule has 0 saturated heterocycles. The third-order valence-electron chi connectivity index (χ3n) is 3.36. The van der Waals surface area contributed by atoms with Gasteiger partial charge in [0.1, 0.15) is 0 Å². The Hall–Kier alpha value is -2.30. The Balaban J connectivity index is 2.06. The summed E-state index contributed by atoms with van der Waals surface area (Å²) in [5.74, 6) is -0.291. The van der Waals surface area contributed by atoms with Crippen LogP contribution < -0.4 is 5.32 Å². The SMILES string of the molecule is CCN(CC)C(=O)CNC(=O)c1cccc2[nH]ccc12. The topological polar surface area (TPSA) is 65.2 Å². The first-order chi connectivity index (χ1) is 9.67. The minimum atomic E-state index is -0.226. The van der Waals surface area contributed by atoms with Crippen molar-refractivity contribution in [2.45, 2.75) is 13.8 Å². The number of nitrogens with one attached hydrogen (secondary N) is 2. The lowest BCUT2D eigenvalue weighted by atomic mass is 10.1.